The minimum absolute atomic E-state index is 0.689. The zero-order valence-electron chi connectivity index (χ0n) is 12.9. The highest BCUT2D eigenvalue weighted by molar-refractivity contribution is 5.10. The molecule has 1 aromatic heterocycles. The van der Waals surface area contributed by atoms with E-state index in [2.05, 4.69) is 44.3 Å². The molecule has 0 spiro atoms. The van der Waals surface area contributed by atoms with Crippen LogP contribution in [-0.4, -0.2) is 15.8 Å². The Morgan fingerprint density at radius 2 is 2.11 bits per heavy atom. The topological polar surface area (TPSA) is 29.9 Å². The van der Waals surface area contributed by atoms with Gasteiger partial charge in [-0.1, -0.05) is 33.6 Å². The molecule has 1 fully saturated rings. The van der Waals surface area contributed by atoms with E-state index in [9.17, 15) is 0 Å². The lowest BCUT2D eigenvalue weighted by Crippen LogP contribution is -2.40. The molecule has 1 aliphatic carbocycles. The predicted molar refractivity (Wildman–Crippen MR) is 80.0 cm³/mol. The highest BCUT2D eigenvalue weighted by Crippen LogP contribution is 2.30. The largest absolute Gasteiger partial charge is 0.308 e. The van der Waals surface area contributed by atoms with Gasteiger partial charge >= 0.3 is 0 Å². The summed E-state index contributed by atoms with van der Waals surface area (Å²) in [6.07, 6.45) is 6.54. The Labute approximate surface area is 117 Å². The van der Waals surface area contributed by atoms with Gasteiger partial charge in [-0.2, -0.15) is 5.10 Å². The fraction of sp³-hybridized carbons (Fsp3) is 0.812. The van der Waals surface area contributed by atoms with Gasteiger partial charge in [-0.15, -0.1) is 0 Å². The van der Waals surface area contributed by atoms with Gasteiger partial charge in [0.15, 0.2) is 0 Å². The van der Waals surface area contributed by atoms with Crippen LogP contribution in [0.4, 0.5) is 0 Å². The second kappa shape index (κ2) is 6.56. The average molecular weight is 263 g/mol. The Balaban J connectivity index is 1.94. The summed E-state index contributed by atoms with van der Waals surface area (Å²) < 4.78 is 2.03. The third-order valence-corrected chi connectivity index (χ3v) is 4.61. The van der Waals surface area contributed by atoms with E-state index in [1.165, 1.54) is 37.1 Å². The van der Waals surface area contributed by atoms with Crippen molar-refractivity contribution in [2.75, 3.05) is 0 Å². The van der Waals surface area contributed by atoms with Crippen molar-refractivity contribution < 1.29 is 0 Å². The van der Waals surface area contributed by atoms with Crippen molar-refractivity contribution in [2.45, 2.75) is 65.5 Å². The van der Waals surface area contributed by atoms with Gasteiger partial charge in [0.05, 0.1) is 11.4 Å². The van der Waals surface area contributed by atoms with Crippen LogP contribution >= 0.6 is 0 Å². The molecule has 1 N–H and O–H groups in total. The van der Waals surface area contributed by atoms with Crippen molar-refractivity contribution in [3.05, 3.63) is 17.5 Å². The normalized spacial score (nSPS) is 24.1. The molecule has 0 aliphatic heterocycles. The molecule has 2 rings (SSSR count). The number of aryl methyl sites for hydroxylation is 2. The number of rotatable bonds is 5. The van der Waals surface area contributed by atoms with E-state index < -0.39 is 0 Å². The first kappa shape index (κ1) is 14.6. The molecule has 0 aromatic carbocycles. The molecule has 0 radical (unpaired) electrons. The second-order valence-corrected chi connectivity index (χ2v) is 6.28. The monoisotopic (exact) mass is 263 g/mol. The minimum atomic E-state index is 0.689. The van der Waals surface area contributed by atoms with Crippen LogP contribution < -0.4 is 5.32 Å². The molecule has 1 aromatic rings. The number of nitrogens with one attached hydrogen (secondary N) is 1. The van der Waals surface area contributed by atoms with E-state index in [4.69, 9.17) is 0 Å². The summed E-state index contributed by atoms with van der Waals surface area (Å²) in [5.74, 6) is 1.63. The summed E-state index contributed by atoms with van der Waals surface area (Å²) in [5, 5.41) is 8.31. The number of hydrogen-bond donors (Lipinski definition) is 1. The molecule has 2 unspecified atom stereocenters. The molecular weight excluding hydrogens is 234 g/mol. The van der Waals surface area contributed by atoms with Gasteiger partial charge in [-0.3, -0.25) is 4.68 Å². The summed E-state index contributed by atoms with van der Waals surface area (Å²) in [4.78, 5) is 0. The maximum absolute atomic E-state index is 4.52. The Hall–Kier alpha value is -0.830. The molecule has 3 nitrogen and oxygen atoms in total. The van der Waals surface area contributed by atoms with E-state index in [-0.39, 0.29) is 0 Å². The molecule has 2 atom stereocenters. The smallest absolute Gasteiger partial charge is 0.0625 e. The Kier molecular flexibility index (Phi) is 5.03. The van der Waals surface area contributed by atoms with Crippen LogP contribution in [0, 0.1) is 11.8 Å². The van der Waals surface area contributed by atoms with Gasteiger partial charge < -0.3 is 5.32 Å². The van der Waals surface area contributed by atoms with Crippen molar-refractivity contribution in [2.24, 2.45) is 18.9 Å². The molecule has 0 bridgehead atoms. The lowest BCUT2D eigenvalue weighted by molar-refractivity contribution is 0.203. The zero-order valence-corrected chi connectivity index (χ0v) is 12.9. The van der Waals surface area contributed by atoms with Gasteiger partial charge in [0.1, 0.15) is 0 Å². The molecular formula is C16H29N3. The fourth-order valence-corrected chi connectivity index (χ4v) is 3.36. The first-order chi connectivity index (χ1) is 9.11. The lowest BCUT2D eigenvalue weighted by Gasteiger charge is -2.35. The van der Waals surface area contributed by atoms with Crippen molar-refractivity contribution in [1.29, 1.82) is 0 Å². The quantitative estimate of drug-likeness (QED) is 0.883. The summed E-state index contributed by atoms with van der Waals surface area (Å²) in [7, 11) is 2.05. The SMILES string of the molecule is CCc1cc(CNC2CCCCC2C(C)C)n(C)n1. The molecule has 1 aliphatic rings. The predicted octanol–water partition coefficient (Wildman–Crippen LogP) is 3.29. The molecule has 0 saturated heterocycles. The standard InChI is InChI=1S/C16H29N3/c1-5-13-10-14(19(4)18-13)11-17-16-9-7-6-8-15(16)12(2)3/h10,12,15-17H,5-9,11H2,1-4H3. The molecule has 3 heteroatoms. The maximum atomic E-state index is 4.52. The van der Waals surface area contributed by atoms with Gasteiger partial charge in [0.25, 0.3) is 0 Å². The number of hydrogen-bond acceptors (Lipinski definition) is 2. The Bertz CT molecular complexity index is 395. The van der Waals surface area contributed by atoms with Crippen LogP contribution in [0.3, 0.4) is 0 Å². The molecule has 1 saturated carbocycles. The molecule has 0 amide bonds. The third kappa shape index (κ3) is 3.59. The highest BCUT2D eigenvalue weighted by atomic mass is 15.3. The zero-order chi connectivity index (χ0) is 13.8. The van der Waals surface area contributed by atoms with Crippen molar-refractivity contribution in [3.8, 4) is 0 Å². The Morgan fingerprint density at radius 1 is 1.37 bits per heavy atom. The second-order valence-electron chi connectivity index (χ2n) is 6.28. The summed E-state index contributed by atoms with van der Waals surface area (Å²) >= 11 is 0. The lowest BCUT2D eigenvalue weighted by atomic mass is 9.78. The van der Waals surface area contributed by atoms with Crippen molar-refractivity contribution in [1.82, 2.24) is 15.1 Å². The van der Waals surface area contributed by atoms with Gasteiger partial charge in [0, 0.05) is 19.6 Å². The molecule has 1 heterocycles. The van der Waals surface area contributed by atoms with Crippen molar-refractivity contribution >= 4 is 0 Å². The van der Waals surface area contributed by atoms with E-state index >= 15 is 0 Å². The van der Waals surface area contributed by atoms with Gasteiger partial charge in [-0.05, 0) is 37.2 Å². The van der Waals surface area contributed by atoms with E-state index in [0.29, 0.717) is 6.04 Å². The van der Waals surface area contributed by atoms with Crippen LogP contribution in [0.1, 0.15) is 57.8 Å². The molecule has 108 valence electrons. The molecule has 19 heavy (non-hydrogen) atoms. The first-order valence-electron chi connectivity index (χ1n) is 7.87. The fourth-order valence-electron chi connectivity index (χ4n) is 3.36. The first-order valence-corrected chi connectivity index (χ1v) is 7.87. The summed E-state index contributed by atoms with van der Waals surface area (Å²) in [5.41, 5.74) is 2.51. The maximum Gasteiger partial charge on any atom is 0.0625 e. The van der Waals surface area contributed by atoms with Crippen molar-refractivity contribution in [3.63, 3.8) is 0 Å². The summed E-state index contributed by atoms with van der Waals surface area (Å²) in [6.45, 7) is 7.85. The van der Waals surface area contributed by atoms with Crippen LogP contribution in [-0.2, 0) is 20.0 Å². The third-order valence-electron chi connectivity index (χ3n) is 4.61. The van der Waals surface area contributed by atoms with E-state index in [1.807, 2.05) is 4.68 Å². The van der Waals surface area contributed by atoms with Crippen LogP contribution in [0.2, 0.25) is 0 Å². The minimum Gasteiger partial charge on any atom is -0.308 e. The van der Waals surface area contributed by atoms with E-state index in [0.717, 1.165) is 24.8 Å². The highest BCUT2D eigenvalue weighted by Gasteiger charge is 2.27. The van der Waals surface area contributed by atoms with Gasteiger partial charge in [-0.25, -0.2) is 0 Å². The van der Waals surface area contributed by atoms with Crippen LogP contribution in [0.25, 0.3) is 0 Å². The number of aromatic nitrogens is 2. The van der Waals surface area contributed by atoms with E-state index in [1.54, 1.807) is 0 Å². The number of nitrogens with zero attached hydrogens (tertiary/aromatic N) is 2. The summed E-state index contributed by atoms with van der Waals surface area (Å²) in [6, 6.07) is 2.92. The van der Waals surface area contributed by atoms with Gasteiger partial charge in [0.2, 0.25) is 0 Å². The average Bonchev–Trinajstić information content (AvgIpc) is 2.77. The van der Waals surface area contributed by atoms with Crippen LogP contribution in [0.15, 0.2) is 6.07 Å². The Morgan fingerprint density at radius 3 is 2.74 bits per heavy atom. The van der Waals surface area contributed by atoms with Crippen LogP contribution in [0.5, 0.6) is 0 Å².